The first kappa shape index (κ1) is 13.5. The van der Waals surface area contributed by atoms with E-state index in [0.717, 1.165) is 19.4 Å². The van der Waals surface area contributed by atoms with Crippen LogP contribution in [0.2, 0.25) is 0 Å². The summed E-state index contributed by atoms with van der Waals surface area (Å²) in [5.74, 6) is -0.200. The first-order valence-electron chi connectivity index (χ1n) is 6.88. The van der Waals surface area contributed by atoms with E-state index < -0.39 is 0 Å². The van der Waals surface area contributed by atoms with Crippen LogP contribution in [0.1, 0.15) is 38.2 Å². The molecule has 0 amide bonds. The van der Waals surface area contributed by atoms with Crippen LogP contribution in [0.3, 0.4) is 0 Å². The minimum atomic E-state index is -0.345. The number of benzene rings is 1. The van der Waals surface area contributed by atoms with Crippen molar-refractivity contribution < 1.29 is 8.78 Å². The lowest BCUT2D eigenvalue weighted by molar-refractivity contribution is 0.262. The number of nitrogens with one attached hydrogen (secondary N) is 1. The Kier molecular flexibility index (Phi) is 4.70. The summed E-state index contributed by atoms with van der Waals surface area (Å²) in [6, 6.07) is 4.20. The van der Waals surface area contributed by atoms with Crippen LogP contribution in [0.25, 0.3) is 0 Å². The van der Waals surface area contributed by atoms with Crippen LogP contribution >= 0.6 is 0 Å². The van der Waals surface area contributed by atoms with Gasteiger partial charge in [0.25, 0.3) is 0 Å². The molecule has 0 saturated heterocycles. The predicted octanol–water partition coefficient (Wildman–Crippen LogP) is 3.68. The molecule has 1 aromatic carbocycles. The topological polar surface area (TPSA) is 12.0 Å². The molecule has 2 rings (SSSR count). The zero-order valence-electron chi connectivity index (χ0n) is 10.9. The van der Waals surface area contributed by atoms with Gasteiger partial charge < -0.3 is 5.32 Å². The van der Waals surface area contributed by atoms with Gasteiger partial charge in [-0.25, -0.2) is 8.78 Å². The Labute approximate surface area is 108 Å². The highest BCUT2D eigenvalue weighted by atomic mass is 19.1. The van der Waals surface area contributed by atoms with E-state index in [1.54, 1.807) is 0 Å². The van der Waals surface area contributed by atoms with Crippen molar-refractivity contribution >= 4 is 0 Å². The molecular weight excluding hydrogens is 232 g/mol. The molecule has 1 fully saturated rings. The van der Waals surface area contributed by atoms with Gasteiger partial charge in [-0.15, -0.1) is 0 Å². The molecule has 2 atom stereocenters. The van der Waals surface area contributed by atoms with Gasteiger partial charge in [0, 0.05) is 6.04 Å². The van der Waals surface area contributed by atoms with Crippen LogP contribution in [0.4, 0.5) is 8.78 Å². The standard InChI is InChI=1S/C15H21F2N/c1-2-18-15-6-4-3-5-11(15)9-12-10-13(16)7-8-14(12)17/h7-8,10-11,15,18H,2-6,9H2,1H3. The first-order chi connectivity index (χ1) is 8.70. The zero-order chi connectivity index (χ0) is 13.0. The third-order valence-corrected chi connectivity index (χ3v) is 3.87. The summed E-state index contributed by atoms with van der Waals surface area (Å²) in [6.07, 6.45) is 5.33. The molecule has 0 heterocycles. The highest BCUT2D eigenvalue weighted by molar-refractivity contribution is 5.19. The second-order valence-electron chi connectivity index (χ2n) is 5.15. The van der Waals surface area contributed by atoms with Gasteiger partial charge in [-0.2, -0.15) is 0 Å². The Bertz CT molecular complexity index is 390. The fraction of sp³-hybridized carbons (Fsp3) is 0.600. The van der Waals surface area contributed by atoms with Crippen molar-refractivity contribution in [3.8, 4) is 0 Å². The number of halogens is 2. The molecule has 2 unspecified atom stereocenters. The van der Waals surface area contributed by atoms with Crippen LogP contribution < -0.4 is 5.32 Å². The zero-order valence-corrected chi connectivity index (χ0v) is 10.9. The number of hydrogen-bond acceptors (Lipinski definition) is 1. The van der Waals surface area contributed by atoms with Gasteiger partial charge in [-0.05, 0) is 55.5 Å². The Morgan fingerprint density at radius 3 is 2.78 bits per heavy atom. The number of rotatable bonds is 4. The van der Waals surface area contributed by atoms with Crippen molar-refractivity contribution in [3.05, 3.63) is 35.4 Å². The van der Waals surface area contributed by atoms with E-state index >= 15 is 0 Å². The van der Waals surface area contributed by atoms with Gasteiger partial charge in [0.1, 0.15) is 11.6 Å². The smallest absolute Gasteiger partial charge is 0.126 e. The molecule has 1 N–H and O–H groups in total. The van der Waals surface area contributed by atoms with E-state index in [0.29, 0.717) is 23.9 Å². The van der Waals surface area contributed by atoms with Crippen molar-refractivity contribution in [1.82, 2.24) is 5.32 Å². The van der Waals surface area contributed by atoms with Gasteiger partial charge in [0.2, 0.25) is 0 Å². The van der Waals surface area contributed by atoms with Gasteiger partial charge >= 0.3 is 0 Å². The minimum absolute atomic E-state index is 0.280. The molecule has 100 valence electrons. The summed E-state index contributed by atoms with van der Waals surface area (Å²) in [5.41, 5.74) is 0.518. The summed E-state index contributed by atoms with van der Waals surface area (Å²) in [4.78, 5) is 0. The molecule has 0 aliphatic heterocycles. The van der Waals surface area contributed by atoms with Crippen molar-refractivity contribution in [2.45, 2.75) is 45.1 Å². The van der Waals surface area contributed by atoms with E-state index in [4.69, 9.17) is 0 Å². The molecule has 0 aromatic heterocycles. The average molecular weight is 253 g/mol. The van der Waals surface area contributed by atoms with E-state index in [1.165, 1.54) is 31.0 Å². The monoisotopic (exact) mass is 253 g/mol. The average Bonchev–Trinajstić information content (AvgIpc) is 2.36. The van der Waals surface area contributed by atoms with Crippen molar-refractivity contribution in [3.63, 3.8) is 0 Å². The lowest BCUT2D eigenvalue weighted by atomic mass is 9.80. The molecular formula is C15H21F2N. The van der Waals surface area contributed by atoms with Crippen molar-refractivity contribution in [1.29, 1.82) is 0 Å². The predicted molar refractivity (Wildman–Crippen MR) is 69.5 cm³/mol. The summed E-state index contributed by atoms with van der Waals surface area (Å²) < 4.78 is 26.8. The lowest BCUT2D eigenvalue weighted by Gasteiger charge is -2.32. The third kappa shape index (κ3) is 3.29. The summed E-state index contributed by atoms with van der Waals surface area (Å²) in [6.45, 7) is 3.03. The van der Waals surface area contributed by atoms with Gasteiger partial charge in [-0.3, -0.25) is 0 Å². The number of hydrogen-bond donors (Lipinski definition) is 1. The summed E-state index contributed by atoms with van der Waals surface area (Å²) >= 11 is 0. The second-order valence-corrected chi connectivity index (χ2v) is 5.15. The van der Waals surface area contributed by atoms with Crippen molar-refractivity contribution in [2.24, 2.45) is 5.92 Å². The van der Waals surface area contributed by atoms with Gasteiger partial charge in [0.05, 0.1) is 0 Å². The Morgan fingerprint density at radius 2 is 2.00 bits per heavy atom. The van der Waals surface area contributed by atoms with Crippen LogP contribution in [0.5, 0.6) is 0 Å². The quantitative estimate of drug-likeness (QED) is 0.863. The summed E-state index contributed by atoms with van der Waals surface area (Å²) in [7, 11) is 0. The maximum atomic E-state index is 13.7. The molecule has 1 aromatic rings. The molecule has 1 aliphatic carbocycles. The maximum absolute atomic E-state index is 13.7. The van der Waals surface area contributed by atoms with E-state index in [9.17, 15) is 8.78 Å². The Hall–Kier alpha value is -0.960. The van der Waals surface area contributed by atoms with Crippen LogP contribution in [0, 0.1) is 17.6 Å². The Morgan fingerprint density at radius 1 is 1.22 bits per heavy atom. The summed E-state index contributed by atoms with van der Waals surface area (Å²) in [5, 5.41) is 3.47. The van der Waals surface area contributed by atoms with Crippen molar-refractivity contribution in [2.75, 3.05) is 6.54 Å². The van der Waals surface area contributed by atoms with Crippen LogP contribution in [-0.2, 0) is 6.42 Å². The lowest BCUT2D eigenvalue weighted by Crippen LogP contribution is -2.39. The first-order valence-corrected chi connectivity index (χ1v) is 6.88. The minimum Gasteiger partial charge on any atom is -0.314 e. The highest BCUT2D eigenvalue weighted by Crippen LogP contribution is 2.28. The Balaban J connectivity index is 2.08. The SMILES string of the molecule is CCNC1CCCCC1Cc1cc(F)ccc1F. The second kappa shape index (κ2) is 6.28. The highest BCUT2D eigenvalue weighted by Gasteiger charge is 2.25. The third-order valence-electron chi connectivity index (χ3n) is 3.87. The maximum Gasteiger partial charge on any atom is 0.126 e. The van der Waals surface area contributed by atoms with E-state index in [1.807, 2.05) is 0 Å². The molecule has 3 heteroatoms. The molecule has 0 spiro atoms. The molecule has 18 heavy (non-hydrogen) atoms. The fourth-order valence-corrected chi connectivity index (χ4v) is 2.97. The molecule has 1 nitrogen and oxygen atoms in total. The normalized spacial score (nSPS) is 24.2. The van der Waals surface area contributed by atoms with Gasteiger partial charge in [-0.1, -0.05) is 19.8 Å². The molecule has 0 bridgehead atoms. The largest absolute Gasteiger partial charge is 0.314 e. The molecule has 1 saturated carbocycles. The van der Waals surface area contributed by atoms with Crippen LogP contribution in [-0.4, -0.2) is 12.6 Å². The van der Waals surface area contributed by atoms with E-state index in [-0.39, 0.29) is 11.6 Å². The van der Waals surface area contributed by atoms with Crippen LogP contribution in [0.15, 0.2) is 18.2 Å². The fourth-order valence-electron chi connectivity index (χ4n) is 2.97. The molecule has 1 aliphatic rings. The van der Waals surface area contributed by atoms with Gasteiger partial charge in [0.15, 0.2) is 0 Å². The van der Waals surface area contributed by atoms with E-state index in [2.05, 4.69) is 12.2 Å². The molecule has 0 radical (unpaired) electrons.